The number of piperidine rings is 1. The summed E-state index contributed by atoms with van der Waals surface area (Å²) < 4.78 is 13.3. The fourth-order valence-corrected chi connectivity index (χ4v) is 2.86. The molecule has 0 radical (unpaired) electrons. The van der Waals surface area contributed by atoms with Gasteiger partial charge >= 0.3 is 5.69 Å². The molecule has 0 unspecified atom stereocenters. The number of benzene rings is 1. The lowest BCUT2D eigenvalue weighted by molar-refractivity contribution is -0.383. The van der Waals surface area contributed by atoms with E-state index in [1.165, 1.54) is 24.5 Å². The van der Waals surface area contributed by atoms with Gasteiger partial charge in [0.15, 0.2) is 0 Å². The van der Waals surface area contributed by atoms with Crippen molar-refractivity contribution < 1.29 is 9.31 Å². The first-order valence-electron chi connectivity index (χ1n) is 7.52. The molecule has 1 saturated heterocycles. The van der Waals surface area contributed by atoms with Gasteiger partial charge in [0.25, 0.3) is 0 Å². The Bertz CT molecular complexity index is 768. The molecule has 24 heavy (non-hydrogen) atoms. The fourth-order valence-electron chi connectivity index (χ4n) is 2.68. The maximum Gasteiger partial charge on any atom is 0.353 e. The van der Waals surface area contributed by atoms with E-state index < -0.39 is 10.7 Å². The molecular formula is C15H15ClFN5O2. The van der Waals surface area contributed by atoms with Gasteiger partial charge in [-0.05, 0) is 37.5 Å². The minimum Gasteiger partial charge on any atom is -0.351 e. The molecule has 9 heteroatoms. The van der Waals surface area contributed by atoms with E-state index in [2.05, 4.69) is 15.3 Å². The summed E-state index contributed by atoms with van der Waals surface area (Å²) in [5, 5.41) is 14.3. The summed E-state index contributed by atoms with van der Waals surface area (Å²) in [6, 6.07) is 3.97. The number of nitrogens with one attached hydrogen (secondary N) is 1. The number of hydrogen-bond donors (Lipinski definition) is 1. The summed E-state index contributed by atoms with van der Waals surface area (Å²) in [5.74, 6) is -0.211. The first kappa shape index (κ1) is 16.4. The third-order valence-electron chi connectivity index (χ3n) is 3.82. The van der Waals surface area contributed by atoms with E-state index in [1.807, 2.05) is 4.90 Å². The molecule has 0 bridgehead atoms. The van der Waals surface area contributed by atoms with Gasteiger partial charge in [-0.15, -0.1) is 0 Å². The molecule has 126 valence electrons. The van der Waals surface area contributed by atoms with Crippen molar-refractivity contribution in [3.8, 4) is 0 Å². The van der Waals surface area contributed by atoms with E-state index in [4.69, 9.17) is 11.6 Å². The van der Waals surface area contributed by atoms with E-state index in [-0.39, 0.29) is 16.5 Å². The van der Waals surface area contributed by atoms with Crippen molar-refractivity contribution in [2.24, 2.45) is 0 Å². The van der Waals surface area contributed by atoms with Crippen molar-refractivity contribution in [3.05, 3.63) is 45.5 Å². The average Bonchev–Trinajstić information content (AvgIpc) is 2.58. The van der Waals surface area contributed by atoms with Gasteiger partial charge in [-0.3, -0.25) is 10.1 Å². The van der Waals surface area contributed by atoms with Gasteiger partial charge in [0.05, 0.1) is 9.95 Å². The van der Waals surface area contributed by atoms with Gasteiger partial charge in [-0.1, -0.05) is 11.6 Å². The predicted octanol–water partition coefficient (Wildman–Crippen LogP) is 3.91. The first-order valence-corrected chi connectivity index (χ1v) is 7.90. The van der Waals surface area contributed by atoms with Crippen LogP contribution in [0.15, 0.2) is 24.5 Å². The second kappa shape index (κ2) is 6.96. The molecule has 1 aliphatic heterocycles. The summed E-state index contributed by atoms with van der Waals surface area (Å²) in [6.45, 7) is 1.44. The zero-order valence-electron chi connectivity index (χ0n) is 12.7. The highest BCUT2D eigenvalue weighted by Crippen LogP contribution is 2.35. The molecule has 1 aromatic carbocycles. The van der Waals surface area contributed by atoms with Crippen LogP contribution in [-0.2, 0) is 0 Å². The van der Waals surface area contributed by atoms with Gasteiger partial charge in [-0.25, -0.2) is 14.4 Å². The normalized spacial score (nSPS) is 14.5. The summed E-state index contributed by atoms with van der Waals surface area (Å²) >= 11 is 5.75. The molecule has 0 saturated carbocycles. The van der Waals surface area contributed by atoms with Crippen LogP contribution in [0.4, 0.5) is 27.4 Å². The Kier molecular flexibility index (Phi) is 4.75. The number of anilines is 3. The lowest BCUT2D eigenvalue weighted by Crippen LogP contribution is -2.31. The second-order valence-electron chi connectivity index (χ2n) is 5.45. The van der Waals surface area contributed by atoms with E-state index in [0.717, 1.165) is 32.4 Å². The third-order valence-corrected chi connectivity index (χ3v) is 4.11. The number of aromatic nitrogens is 2. The highest BCUT2D eigenvalue weighted by Gasteiger charge is 2.28. The van der Waals surface area contributed by atoms with E-state index >= 15 is 0 Å². The molecular weight excluding hydrogens is 337 g/mol. The minimum absolute atomic E-state index is 0.0539. The molecule has 0 spiro atoms. The monoisotopic (exact) mass is 351 g/mol. The zero-order chi connectivity index (χ0) is 17.1. The molecule has 0 aliphatic carbocycles. The molecule has 1 N–H and O–H groups in total. The Morgan fingerprint density at radius 2 is 2.00 bits per heavy atom. The maximum absolute atomic E-state index is 13.3. The number of rotatable bonds is 4. The van der Waals surface area contributed by atoms with Crippen molar-refractivity contribution in [3.63, 3.8) is 0 Å². The Morgan fingerprint density at radius 1 is 1.25 bits per heavy atom. The second-order valence-corrected chi connectivity index (χ2v) is 5.86. The van der Waals surface area contributed by atoms with Crippen molar-refractivity contribution in [1.82, 2.24) is 9.97 Å². The first-order chi connectivity index (χ1) is 11.6. The van der Waals surface area contributed by atoms with Crippen LogP contribution in [0, 0.1) is 15.9 Å². The number of hydrogen-bond acceptors (Lipinski definition) is 6. The Labute approximate surface area is 142 Å². The minimum atomic E-state index is -0.562. The van der Waals surface area contributed by atoms with Crippen LogP contribution in [-0.4, -0.2) is 28.0 Å². The molecule has 1 fully saturated rings. The number of halogens is 2. The van der Waals surface area contributed by atoms with E-state index in [1.54, 1.807) is 0 Å². The van der Waals surface area contributed by atoms with Gasteiger partial charge in [0, 0.05) is 18.8 Å². The van der Waals surface area contributed by atoms with Gasteiger partial charge in [0.2, 0.25) is 11.6 Å². The highest BCUT2D eigenvalue weighted by atomic mass is 35.5. The third kappa shape index (κ3) is 3.38. The van der Waals surface area contributed by atoms with Gasteiger partial charge in [-0.2, -0.15) is 0 Å². The molecule has 1 aliphatic rings. The van der Waals surface area contributed by atoms with Crippen LogP contribution in [0.1, 0.15) is 19.3 Å². The van der Waals surface area contributed by atoms with Crippen LogP contribution in [0.3, 0.4) is 0 Å². The molecule has 2 heterocycles. The Morgan fingerprint density at radius 3 is 2.67 bits per heavy atom. The van der Waals surface area contributed by atoms with Crippen LogP contribution in [0.5, 0.6) is 0 Å². The number of nitrogens with zero attached hydrogens (tertiary/aromatic N) is 4. The van der Waals surface area contributed by atoms with Crippen LogP contribution in [0.25, 0.3) is 0 Å². The lowest BCUT2D eigenvalue weighted by atomic mass is 10.1. The summed E-state index contributed by atoms with van der Waals surface area (Å²) in [6.07, 6.45) is 4.33. The zero-order valence-corrected chi connectivity index (χ0v) is 13.5. The summed E-state index contributed by atoms with van der Waals surface area (Å²) in [4.78, 5) is 21.0. The van der Waals surface area contributed by atoms with Crippen LogP contribution < -0.4 is 10.2 Å². The quantitative estimate of drug-likeness (QED) is 0.664. The number of nitro groups is 1. The standard InChI is InChI=1S/C15H15ClFN5O2/c16-11-8-10(4-5-12(11)17)20-14-13(22(23)24)15(19-9-18-14)21-6-2-1-3-7-21/h4-5,8-9H,1-3,6-7H2,(H,18,19,20). The molecule has 0 atom stereocenters. The summed E-state index contributed by atoms with van der Waals surface area (Å²) in [7, 11) is 0. The molecule has 3 rings (SSSR count). The van der Waals surface area contributed by atoms with Gasteiger partial charge < -0.3 is 10.2 Å². The molecule has 7 nitrogen and oxygen atoms in total. The Balaban J connectivity index is 1.97. The van der Waals surface area contributed by atoms with Crippen molar-refractivity contribution in [2.75, 3.05) is 23.3 Å². The molecule has 1 aromatic heterocycles. The fraction of sp³-hybridized carbons (Fsp3) is 0.333. The van der Waals surface area contributed by atoms with E-state index in [0.29, 0.717) is 11.5 Å². The average molecular weight is 352 g/mol. The maximum atomic E-state index is 13.3. The largest absolute Gasteiger partial charge is 0.353 e. The molecule has 0 amide bonds. The van der Waals surface area contributed by atoms with Crippen LogP contribution in [0.2, 0.25) is 5.02 Å². The molecule has 2 aromatic rings. The van der Waals surface area contributed by atoms with Crippen LogP contribution >= 0.6 is 11.6 Å². The van der Waals surface area contributed by atoms with Crippen molar-refractivity contribution in [1.29, 1.82) is 0 Å². The SMILES string of the molecule is O=[N+]([O-])c1c(Nc2ccc(F)c(Cl)c2)ncnc1N1CCCCC1. The predicted molar refractivity (Wildman–Crippen MR) is 89.4 cm³/mol. The van der Waals surface area contributed by atoms with E-state index in [9.17, 15) is 14.5 Å². The Hall–Kier alpha value is -2.48. The lowest BCUT2D eigenvalue weighted by Gasteiger charge is -2.27. The van der Waals surface area contributed by atoms with Crippen molar-refractivity contribution >= 4 is 34.6 Å². The summed E-state index contributed by atoms with van der Waals surface area (Å²) in [5.41, 5.74) is 0.215. The topological polar surface area (TPSA) is 84.2 Å². The van der Waals surface area contributed by atoms with Gasteiger partial charge in [0.1, 0.15) is 12.1 Å². The highest BCUT2D eigenvalue weighted by molar-refractivity contribution is 6.31. The van der Waals surface area contributed by atoms with Crippen molar-refractivity contribution in [2.45, 2.75) is 19.3 Å². The smallest absolute Gasteiger partial charge is 0.351 e.